The van der Waals surface area contributed by atoms with Crippen LogP contribution in [0.15, 0.2) is 11.1 Å². The summed E-state index contributed by atoms with van der Waals surface area (Å²) >= 11 is 0. The van der Waals surface area contributed by atoms with Crippen molar-refractivity contribution in [3.05, 3.63) is 11.1 Å². The highest BCUT2D eigenvalue weighted by Crippen LogP contribution is 2.30. The van der Waals surface area contributed by atoms with Crippen LogP contribution in [0.5, 0.6) is 0 Å². The Morgan fingerprint density at radius 3 is 2.22 bits per heavy atom. The predicted molar refractivity (Wildman–Crippen MR) is 38.4 cm³/mol. The SMILES string of the molecule is COC(C)C1=C(C)CC1. The molecule has 0 aromatic carbocycles. The Bertz CT molecular complexity index is 136. The summed E-state index contributed by atoms with van der Waals surface area (Å²) in [5, 5.41) is 0. The van der Waals surface area contributed by atoms with Gasteiger partial charge < -0.3 is 4.74 Å². The van der Waals surface area contributed by atoms with E-state index in [0.29, 0.717) is 6.10 Å². The van der Waals surface area contributed by atoms with Gasteiger partial charge in [0.05, 0.1) is 6.10 Å². The minimum Gasteiger partial charge on any atom is -0.377 e. The van der Waals surface area contributed by atoms with Gasteiger partial charge in [0.25, 0.3) is 0 Å². The lowest BCUT2D eigenvalue weighted by Crippen LogP contribution is -2.16. The van der Waals surface area contributed by atoms with Gasteiger partial charge >= 0.3 is 0 Å². The molecule has 0 N–H and O–H groups in total. The first-order valence-corrected chi connectivity index (χ1v) is 3.47. The van der Waals surface area contributed by atoms with Gasteiger partial charge in [-0.05, 0) is 32.3 Å². The molecule has 1 nitrogen and oxygen atoms in total. The molecule has 0 aromatic heterocycles. The molecule has 1 rings (SSSR count). The fourth-order valence-electron chi connectivity index (χ4n) is 1.21. The lowest BCUT2D eigenvalue weighted by atomic mass is 9.86. The van der Waals surface area contributed by atoms with Gasteiger partial charge in [0, 0.05) is 7.11 Å². The number of ether oxygens (including phenoxy) is 1. The van der Waals surface area contributed by atoms with E-state index < -0.39 is 0 Å². The molecule has 0 heterocycles. The zero-order valence-electron chi connectivity index (χ0n) is 6.40. The Labute approximate surface area is 56.7 Å². The van der Waals surface area contributed by atoms with Crippen molar-refractivity contribution in [2.45, 2.75) is 32.8 Å². The Kier molecular flexibility index (Phi) is 1.91. The number of methoxy groups -OCH3 is 1. The normalized spacial score (nSPS) is 21.7. The van der Waals surface area contributed by atoms with E-state index >= 15 is 0 Å². The van der Waals surface area contributed by atoms with E-state index in [2.05, 4.69) is 13.8 Å². The molecule has 0 radical (unpaired) electrons. The van der Waals surface area contributed by atoms with Crippen LogP contribution in [-0.4, -0.2) is 13.2 Å². The van der Waals surface area contributed by atoms with Crippen LogP contribution in [0.4, 0.5) is 0 Å². The smallest absolute Gasteiger partial charge is 0.0755 e. The third-order valence-corrected chi connectivity index (χ3v) is 2.16. The highest BCUT2D eigenvalue weighted by molar-refractivity contribution is 5.25. The van der Waals surface area contributed by atoms with E-state index in [-0.39, 0.29) is 0 Å². The maximum Gasteiger partial charge on any atom is 0.0755 e. The van der Waals surface area contributed by atoms with Crippen LogP contribution in [0.3, 0.4) is 0 Å². The van der Waals surface area contributed by atoms with Crippen LogP contribution in [0.25, 0.3) is 0 Å². The second kappa shape index (κ2) is 2.53. The zero-order valence-corrected chi connectivity index (χ0v) is 6.40. The van der Waals surface area contributed by atoms with Gasteiger partial charge in [0.2, 0.25) is 0 Å². The van der Waals surface area contributed by atoms with E-state index in [0.717, 1.165) is 0 Å². The van der Waals surface area contributed by atoms with Crippen LogP contribution in [0, 0.1) is 0 Å². The zero-order chi connectivity index (χ0) is 6.85. The van der Waals surface area contributed by atoms with Crippen molar-refractivity contribution in [3.63, 3.8) is 0 Å². The summed E-state index contributed by atoms with van der Waals surface area (Å²) in [6.45, 7) is 4.30. The fraction of sp³-hybridized carbons (Fsp3) is 0.750. The van der Waals surface area contributed by atoms with Gasteiger partial charge in [-0.25, -0.2) is 0 Å². The van der Waals surface area contributed by atoms with E-state index in [4.69, 9.17) is 4.74 Å². The van der Waals surface area contributed by atoms with Gasteiger partial charge in [-0.3, -0.25) is 0 Å². The first-order valence-electron chi connectivity index (χ1n) is 3.47. The van der Waals surface area contributed by atoms with Crippen molar-refractivity contribution in [2.75, 3.05) is 7.11 Å². The summed E-state index contributed by atoms with van der Waals surface area (Å²) in [4.78, 5) is 0. The summed E-state index contributed by atoms with van der Waals surface area (Å²) in [6, 6.07) is 0. The number of rotatable bonds is 2. The van der Waals surface area contributed by atoms with Crippen molar-refractivity contribution in [3.8, 4) is 0 Å². The van der Waals surface area contributed by atoms with Gasteiger partial charge in [-0.15, -0.1) is 0 Å². The molecule has 52 valence electrons. The number of hydrogen-bond donors (Lipinski definition) is 0. The van der Waals surface area contributed by atoms with Crippen molar-refractivity contribution >= 4 is 0 Å². The number of hydrogen-bond acceptors (Lipinski definition) is 1. The summed E-state index contributed by atoms with van der Waals surface area (Å²) in [6.07, 6.45) is 2.89. The van der Waals surface area contributed by atoms with Crippen LogP contribution in [0.1, 0.15) is 26.7 Å². The second-order valence-electron chi connectivity index (χ2n) is 2.68. The Hall–Kier alpha value is -0.300. The lowest BCUT2D eigenvalue weighted by molar-refractivity contribution is 0.139. The highest BCUT2D eigenvalue weighted by Gasteiger charge is 2.17. The molecule has 9 heavy (non-hydrogen) atoms. The largest absolute Gasteiger partial charge is 0.377 e. The maximum absolute atomic E-state index is 5.17. The summed E-state index contributed by atoms with van der Waals surface area (Å²) in [5.41, 5.74) is 3.04. The molecular formula is C8H14O. The van der Waals surface area contributed by atoms with Crippen molar-refractivity contribution in [2.24, 2.45) is 0 Å². The van der Waals surface area contributed by atoms with Crippen molar-refractivity contribution in [1.82, 2.24) is 0 Å². The van der Waals surface area contributed by atoms with E-state index in [9.17, 15) is 0 Å². The quantitative estimate of drug-likeness (QED) is 0.515. The molecule has 0 spiro atoms. The standard InChI is InChI=1S/C8H14O/c1-6-4-5-8(6)7(2)9-3/h7H,4-5H2,1-3H3. The van der Waals surface area contributed by atoms with Crippen LogP contribution >= 0.6 is 0 Å². The van der Waals surface area contributed by atoms with Gasteiger partial charge in [-0.2, -0.15) is 0 Å². The maximum atomic E-state index is 5.17. The Morgan fingerprint density at radius 1 is 1.44 bits per heavy atom. The third-order valence-electron chi connectivity index (χ3n) is 2.16. The molecule has 0 amide bonds. The van der Waals surface area contributed by atoms with E-state index in [1.54, 1.807) is 7.11 Å². The van der Waals surface area contributed by atoms with Crippen molar-refractivity contribution < 1.29 is 4.74 Å². The Balaban J connectivity index is 2.52. The molecule has 0 saturated carbocycles. The Morgan fingerprint density at radius 2 is 2.11 bits per heavy atom. The minimum absolute atomic E-state index is 0.360. The second-order valence-corrected chi connectivity index (χ2v) is 2.68. The average Bonchev–Trinajstić information content (AvgIpc) is 1.84. The van der Waals surface area contributed by atoms with Crippen LogP contribution in [0.2, 0.25) is 0 Å². The minimum atomic E-state index is 0.360. The third kappa shape index (κ3) is 1.16. The highest BCUT2D eigenvalue weighted by atomic mass is 16.5. The summed E-state index contributed by atoms with van der Waals surface area (Å²) in [5.74, 6) is 0. The molecule has 0 aliphatic heterocycles. The first-order chi connectivity index (χ1) is 4.25. The predicted octanol–water partition coefficient (Wildman–Crippen LogP) is 2.13. The molecule has 1 aliphatic rings. The van der Waals surface area contributed by atoms with Crippen molar-refractivity contribution in [1.29, 1.82) is 0 Å². The molecular weight excluding hydrogens is 112 g/mol. The monoisotopic (exact) mass is 126 g/mol. The fourth-order valence-corrected chi connectivity index (χ4v) is 1.21. The van der Waals surface area contributed by atoms with E-state index in [1.807, 2.05) is 0 Å². The first kappa shape index (κ1) is 6.81. The van der Waals surface area contributed by atoms with Crippen LogP contribution < -0.4 is 0 Å². The molecule has 1 aliphatic carbocycles. The summed E-state index contributed by atoms with van der Waals surface area (Å²) < 4.78 is 5.17. The van der Waals surface area contributed by atoms with Gasteiger partial charge in [-0.1, -0.05) is 5.57 Å². The van der Waals surface area contributed by atoms with Gasteiger partial charge in [0.1, 0.15) is 0 Å². The molecule has 0 aromatic rings. The van der Waals surface area contributed by atoms with E-state index in [1.165, 1.54) is 24.0 Å². The van der Waals surface area contributed by atoms with Crippen LogP contribution in [-0.2, 0) is 4.74 Å². The van der Waals surface area contributed by atoms with Gasteiger partial charge in [0.15, 0.2) is 0 Å². The average molecular weight is 126 g/mol. The molecule has 1 atom stereocenters. The molecule has 0 saturated heterocycles. The summed E-state index contributed by atoms with van der Waals surface area (Å²) in [7, 11) is 1.77. The number of allylic oxidation sites excluding steroid dienone is 1. The lowest BCUT2D eigenvalue weighted by Gasteiger charge is -2.25. The molecule has 0 fully saturated rings. The molecule has 0 bridgehead atoms. The topological polar surface area (TPSA) is 9.23 Å². The molecule has 1 heteroatoms. The molecule has 1 unspecified atom stereocenters.